The summed E-state index contributed by atoms with van der Waals surface area (Å²) in [6.07, 6.45) is 0. The first kappa shape index (κ1) is 17.7. The minimum absolute atomic E-state index is 0.151. The third-order valence-corrected chi connectivity index (χ3v) is 6.32. The van der Waals surface area contributed by atoms with E-state index in [0.29, 0.717) is 16.1 Å². The molecule has 0 saturated heterocycles. The number of fused-ring (bicyclic) bond motifs is 1. The van der Waals surface area contributed by atoms with Crippen molar-refractivity contribution in [2.45, 2.75) is 11.4 Å². The monoisotopic (exact) mass is 379 g/mol. The van der Waals surface area contributed by atoms with Gasteiger partial charge in [0.1, 0.15) is 0 Å². The van der Waals surface area contributed by atoms with Crippen LogP contribution in [0.3, 0.4) is 0 Å². The van der Waals surface area contributed by atoms with E-state index in [9.17, 15) is 13.2 Å². The Labute approximate surface area is 150 Å². The summed E-state index contributed by atoms with van der Waals surface area (Å²) < 4.78 is 29.9. The van der Waals surface area contributed by atoms with E-state index < -0.39 is 10.0 Å². The third-order valence-electron chi connectivity index (χ3n) is 4.27. The molecule has 0 radical (unpaired) electrons. The fourth-order valence-electron chi connectivity index (χ4n) is 2.76. The summed E-state index contributed by atoms with van der Waals surface area (Å²) in [5.41, 5.74) is 1.91. The highest BCUT2D eigenvalue weighted by molar-refractivity contribution is 7.89. The number of nitrogens with zero attached hydrogens (tertiary/aromatic N) is 3. The van der Waals surface area contributed by atoms with Crippen molar-refractivity contribution in [1.82, 2.24) is 13.4 Å². The molecule has 25 heavy (non-hydrogen) atoms. The predicted molar refractivity (Wildman–Crippen MR) is 98.3 cm³/mol. The molecule has 0 aliphatic heterocycles. The second-order valence-corrected chi connectivity index (χ2v) is 8.42. The molecule has 0 aliphatic carbocycles. The van der Waals surface area contributed by atoms with Gasteiger partial charge in [-0.3, -0.25) is 9.13 Å². The van der Waals surface area contributed by atoms with Crippen LogP contribution in [0.4, 0.5) is 0 Å². The summed E-state index contributed by atoms with van der Waals surface area (Å²) in [6, 6.07) is 11.7. The zero-order chi connectivity index (χ0) is 18.4. The maximum Gasteiger partial charge on any atom is 0.328 e. The highest BCUT2D eigenvalue weighted by Crippen LogP contribution is 2.22. The van der Waals surface area contributed by atoms with E-state index in [-0.39, 0.29) is 17.1 Å². The van der Waals surface area contributed by atoms with Gasteiger partial charge in [-0.05, 0) is 35.9 Å². The Hall–Kier alpha value is -2.09. The Bertz CT molecular complexity index is 1100. The fourth-order valence-corrected chi connectivity index (χ4v) is 4.06. The summed E-state index contributed by atoms with van der Waals surface area (Å²) >= 11 is 5.86. The molecular weight excluding hydrogens is 362 g/mol. The smallest absolute Gasteiger partial charge is 0.295 e. The van der Waals surface area contributed by atoms with Gasteiger partial charge in [0.2, 0.25) is 10.0 Å². The maximum atomic E-state index is 12.9. The molecule has 132 valence electrons. The van der Waals surface area contributed by atoms with Crippen LogP contribution in [0.1, 0.15) is 5.56 Å². The third kappa shape index (κ3) is 3.10. The van der Waals surface area contributed by atoms with Crippen molar-refractivity contribution < 1.29 is 8.42 Å². The van der Waals surface area contributed by atoms with Crippen LogP contribution < -0.4 is 5.69 Å². The standard InChI is InChI=1S/C17H18ClN3O3S/c1-19(11-12-4-6-13(18)7-5-12)25(23,24)14-8-9-15-16(10-14)21(3)17(22)20(15)2/h4-10H,11H2,1-3H3. The Morgan fingerprint density at radius 1 is 1.00 bits per heavy atom. The lowest BCUT2D eigenvalue weighted by atomic mass is 10.2. The van der Waals surface area contributed by atoms with Crippen molar-refractivity contribution in [3.8, 4) is 0 Å². The number of sulfonamides is 1. The highest BCUT2D eigenvalue weighted by atomic mass is 35.5. The van der Waals surface area contributed by atoms with Gasteiger partial charge < -0.3 is 0 Å². The number of benzene rings is 2. The quantitative estimate of drug-likeness (QED) is 0.699. The highest BCUT2D eigenvalue weighted by Gasteiger charge is 2.22. The van der Waals surface area contributed by atoms with Gasteiger partial charge in [-0.1, -0.05) is 23.7 Å². The van der Waals surface area contributed by atoms with Crippen molar-refractivity contribution in [3.63, 3.8) is 0 Å². The van der Waals surface area contributed by atoms with Crippen molar-refractivity contribution in [1.29, 1.82) is 0 Å². The van der Waals surface area contributed by atoms with Crippen LogP contribution in [0.2, 0.25) is 5.02 Å². The molecule has 0 bridgehead atoms. The zero-order valence-corrected chi connectivity index (χ0v) is 15.7. The Balaban J connectivity index is 1.98. The van der Waals surface area contributed by atoms with E-state index >= 15 is 0 Å². The molecule has 0 fully saturated rings. The number of aryl methyl sites for hydroxylation is 2. The van der Waals surface area contributed by atoms with Gasteiger partial charge in [-0.2, -0.15) is 4.31 Å². The van der Waals surface area contributed by atoms with E-state index in [1.54, 1.807) is 44.4 Å². The molecule has 0 amide bonds. The van der Waals surface area contributed by atoms with Crippen LogP contribution >= 0.6 is 11.6 Å². The average Bonchev–Trinajstić information content (AvgIpc) is 2.81. The summed E-state index contributed by atoms with van der Waals surface area (Å²) in [4.78, 5) is 12.2. The van der Waals surface area contributed by atoms with Crippen LogP contribution in [-0.2, 0) is 30.7 Å². The Morgan fingerprint density at radius 3 is 2.24 bits per heavy atom. The van der Waals surface area contributed by atoms with Crippen molar-refractivity contribution >= 4 is 32.7 Å². The molecular formula is C17H18ClN3O3S. The van der Waals surface area contributed by atoms with Gasteiger partial charge in [-0.25, -0.2) is 13.2 Å². The maximum absolute atomic E-state index is 12.9. The van der Waals surface area contributed by atoms with Gasteiger partial charge >= 0.3 is 5.69 Å². The van der Waals surface area contributed by atoms with Gasteiger partial charge in [0.05, 0.1) is 15.9 Å². The number of halogens is 1. The summed E-state index contributed by atoms with van der Waals surface area (Å²) in [7, 11) is 1.12. The van der Waals surface area contributed by atoms with Crippen LogP contribution in [0.5, 0.6) is 0 Å². The molecule has 1 aromatic heterocycles. The first-order valence-electron chi connectivity index (χ1n) is 7.58. The van der Waals surface area contributed by atoms with Crippen molar-refractivity contribution in [2.24, 2.45) is 14.1 Å². The molecule has 0 N–H and O–H groups in total. The molecule has 0 saturated carbocycles. The van der Waals surface area contributed by atoms with Crippen LogP contribution in [0, 0.1) is 0 Å². The SMILES string of the molecule is CN(Cc1ccc(Cl)cc1)S(=O)(=O)c1ccc2c(c1)n(C)c(=O)n2C. The number of rotatable bonds is 4. The second kappa shape index (κ2) is 6.33. The van der Waals surface area contributed by atoms with E-state index in [1.807, 2.05) is 0 Å². The largest absolute Gasteiger partial charge is 0.328 e. The van der Waals surface area contributed by atoms with Crippen LogP contribution in [-0.4, -0.2) is 28.9 Å². The summed E-state index contributed by atoms with van der Waals surface area (Å²) in [5.74, 6) is 0. The topological polar surface area (TPSA) is 64.3 Å². The molecule has 8 heteroatoms. The minimum Gasteiger partial charge on any atom is -0.295 e. The predicted octanol–water partition coefficient (Wildman–Crippen LogP) is 2.35. The van der Waals surface area contributed by atoms with Crippen molar-refractivity contribution in [2.75, 3.05) is 7.05 Å². The number of hydrogen-bond donors (Lipinski definition) is 0. The molecule has 3 rings (SSSR count). The fraction of sp³-hybridized carbons (Fsp3) is 0.235. The first-order valence-corrected chi connectivity index (χ1v) is 9.40. The molecule has 0 atom stereocenters. The second-order valence-electron chi connectivity index (χ2n) is 5.94. The minimum atomic E-state index is -3.68. The van der Waals surface area contributed by atoms with Crippen LogP contribution in [0.15, 0.2) is 52.2 Å². The van der Waals surface area contributed by atoms with E-state index in [4.69, 9.17) is 11.6 Å². The lowest BCUT2D eigenvalue weighted by molar-refractivity contribution is 0.467. The Morgan fingerprint density at radius 2 is 1.60 bits per heavy atom. The number of hydrogen-bond acceptors (Lipinski definition) is 3. The molecule has 6 nitrogen and oxygen atoms in total. The zero-order valence-electron chi connectivity index (χ0n) is 14.1. The summed E-state index contributed by atoms with van der Waals surface area (Å²) in [5, 5.41) is 0.602. The lowest BCUT2D eigenvalue weighted by Gasteiger charge is -2.17. The van der Waals surface area contributed by atoms with Gasteiger partial charge in [0.25, 0.3) is 0 Å². The van der Waals surface area contributed by atoms with Gasteiger partial charge in [0.15, 0.2) is 0 Å². The molecule has 3 aromatic rings. The molecule has 1 heterocycles. The average molecular weight is 380 g/mol. The van der Waals surface area contributed by atoms with Gasteiger partial charge in [-0.15, -0.1) is 0 Å². The summed E-state index contributed by atoms with van der Waals surface area (Å²) in [6.45, 7) is 0.227. The van der Waals surface area contributed by atoms with E-state index in [0.717, 1.165) is 5.56 Å². The first-order chi connectivity index (χ1) is 11.7. The van der Waals surface area contributed by atoms with Crippen LogP contribution in [0.25, 0.3) is 11.0 Å². The molecule has 2 aromatic carbocycles. The van der Waals surface area contributed by atoms with E-state index in [2.05, 4.69) is 0 Å². The normalized spacial score (nSPS) is 12.2. The molecule has 0 spiro atoms. The number of imidazole rings is 1. The molecule has 0 unspecified atom stereocenters. The lowest BCUT2D eigenvalue weighted by Crippen LogP contribution is -2.26. The number of aromatic nitrogens is 2. The van der Waals surface area contributed by atoms with E-state index in [1.165, 1.54) is 32.6 Å². The van der Waals surface area contributed by atoms with Crippen molar-refractivity contribution in [3.05, 3.63) is 63.5 Å². The Kier molecular flexibility index (Phi) is 4.49. The van der Waals surface area contributed by atoms with Gasteiger partial charge in [0, 0.05) is 32.7 Å². The molecule has 0 aliphatic rings.